The van der Waals surface area contributed by atoms with E-state index >= 15 is 0 Å². The number of imidazole rings is 1. The summed E-state index contributed by atoms with van der Waals surface area (Å²) in [6.07, 6.45) is 5.37. The Labute approximate surface area is 176 Å². The van der Waals surface area contributed by atoms with Gasteiger partial charge in [0.05, 0.1) is 11.2 Å². The molecule has 9 heteroatoms. The molecule has 2 heterocycles. The van der Waals surface area contributed by atoms with Gasteiger partial charge in [0, 0.05) is 23.3 Å². The monoisotopic (exact) mass is 428 g/mol. The standard InChI is InChI=1S/C21H18ClFN4O3/c22-14-5-4-13(7-15(14)23)30-9-18(28)25-20-10-21(11-20,12-20)26-19(29)16-8-24-17-3-1-2-6-27(16)17/h1-8H,9-12H2,(H,25,28)(H,26,29). The third kappa shape index (κ3) is 3.17. The molecule has 0 radical (unpaired) electrons. The fourth-order valence-corrected chi connectivity index (χ4v) is 4.62. The lowest BCUT2D eigenvalue weighted by Gasteiger charge is -2.70. The second-order valence-electron chi connectivity index (χ2n) is 8.03. The number of carbonyl (C=O) groups excluding carboxylic acids is 2. The first-order valence-electron chi connectivity index (χ1n) is 9.51. The normalized spacial score (nSPS) is 23.9. The van der Waals surface area contributed by atoms with Crippen molar-refractivity contribution >= 4 is 29.1 Å². The van der Waals surface area contributed by atoms with Crippen LogP contribution in [-0.4, -0.2) is 38.9 Å². The third-order valence-corrected chi connectivity index (χ3v) is 6.03. The molecule has 1 aromatic carbocycles. The van der Waals surface area contributed by atoms with Crippen LogP contribution in [0.4, 0.5) is 4.39 Å². The Morgan fingerprint density at radius 1 is 1.17 bits per heavy atom. The number of nitrogens with zero attached hydrogens (tertiary/aromatic N) is 2. The Morgan fingerprint density at radius 3 is 2.70 bits per heavy atom. The predicted octanol–water partition coefficient (Wildman–Crippen LogP) is 2.73. The minimum Gasteiger partial charge on any atom is -0.484 e. The van der Waals surface area contributed by atoms with Crippen LogP contribution in [0.5, 0.6) is 5.75 Å². The molecule has 2 amide bonds. The van der Waals surface area contributed by atoms with Crippen LogP contribution in [0.15, 0.2) is 48.8 Å². The molecule has 0 saturated heterocycles. The van der Waals surface area contributed by atoms with Gasteiger partial charge in [0.25, 0.3) is 11.8 Å². The van der Waals surface area contributed by atoms with Gasteiger partial charge in [-0.1, -0.05) is 17.7 Å². The number of fused-ring (bicyclic) bond motifs is 1. The largest absolute Gasteiger partial charge is 0.484 e. The summed E-state index contributed by atoms with van der Waals surface area (Å²) in [6.45, 7) is -0.218. The van der Waals surface area contributed by atoms with Gasteiger partial charge in [-0.25, -0.2) is 9.37 Å². The maximum atomic E-state index is 13.4. The molecular formula is C21H18ClFN4O3. The molecule has 0 unspecified atom stereocenters. The molecule has 6 rings (SSSR count). The van der Waals surface area contributed by atoms with Crippen molar-refractivity contribution in [3.8, 4) is 5.75 Å². The summed E-state index contributed by atoms with van der Waals surface area (Å²) in [4.78, 5) is 29.1. The van der Waals surface area contributed by atoms with Crippen LogP contribution < -0.4 is 15.4 Å². The van der Waals surface area contributed by atoms with E-state index in [0.29, 0.717) is 30.6 Å². The van der Waals surface area contributed by atoms with Crippen LogP contribution in [0.2, 0.25) is 5.02 Å². The van der Waals surface area contributed by atoms with Crippen molar-refractivity contribution in [2.45, 2.75) is 30.3 Å². The van der Waals surface area contributed by atoms with E-state index in [1.807, 2.05) is 18.2 Å². The highest BCUT2D eigenvalue weighted by Crippen LogP contribution is 2.60. The molecule has 0 spiro atoms. The Hall–Kier alpha value is -3.13. The van der Waals surface area contributed by atoms with Gasteiger partial charge in [0.1, 0.15) is 22.9 Å². The van der Waals surface area contributed by atoms with E-state index in [2.05, 4.69) is 15.6 Å². The topological polar surface area (TPSA) is 84.7 Å². The number of benzene rings is 1. The number of amides is 2. The number of aromatic nitrogens is 2. The van der Waals surface area contributed by atoms with Crippen molar-refractivity contribution in [3.63, 3.8) is 0 Å². The molecule has 0 atom stereocenters. The smallest absolute Gasteiger partial charge is 0.270 e. The van der Waals surface area contributed by atoms with Gasteiger partial charge in [-0.15, -0.1) is 0 Å². The number of ether oxygens (including phenoxy) is 1. The van der Waals surface area contributed by atoms with Crippen molar-refractivity contribution in [1.82, 2.24) is 20.0 Å². The number of hydrogen-bond donors (Lipinski definition) is 2. The third-order valence-electron chi connectivity index (χ3n) is 5.72. The van der Waals surface area contributed by atoms with Crippen molar-refractivity contribution < 1.29 is 18.7 Å². The Morgan fingerprint density at radius 2 is 1.93 bits per heavy atom. The summed E-state index contributed by atoms with van der Waals surface area (Å²) < 4.78 is 20.5. The summed E-state index contributed by atoms with van der Waals surface area (Å²) in [6, 6.07) is 9.57. The van der Waals surface area contributed by atoms with E-state index in [1.54, 1.807) is 16.8 Å². The molecule has 3 aliphatic carbocycles. The predicted molar refractivity (Wildman–Crippen MR) is 107 cm³/mol. The highest BCUT2D eigenvalue weighted by atomic mass is 35.5. The molecule has 2 aromatic heterocycles. The maximum absolute atomic E-state index is 13.4. The fraction of sp³-hybridized carbons (Fsp3) is 0.286. The molecule has 3 fully saturated rings. The Bertz CT molecular complexity index is 1160. The number of halogens is 2. The van der Waals surface area contributed by atoms with Crippen molar-refractivity contribution in [2.75, 3.05) is 6.61 Å². The van der Waals surface area contributed by atoms with Crippen LogP contribution in [0.3, 0.4) is 0 Å². The van der Waals surface area contributed by atoms with Crippen molar-refractivity contribution in [1.29, 1.82) is 0 Å². The minimum atomic E-state index is -0.599. The van der Waals surface area contributed by atoms with E-state index in [-0.39, 0.29) is 40.3 Å². The second-order valence-corrected chi connectivity index (χ2v) is 8.44. The molecule has 3 aromatic rings. The lowest BCUT2D eigenvalue weighted by Crippen LogP contribution is -2.84. The molecule has 2 bridgehead atoms. The highest BCUT2D eigenvalue weighted by molar-refractivity contribution is 6.30. The molecule has 30 heavy (non-hydrogen) atoms. The molecular weight excluding hydrogens is 411 g/mol. The molecule has 3 saturated carbocycles. The van der Waals surface area contributed by atoms with Gasteiger partial charge in [0.2, 0.25) is 0 Å². The number of hydrogen-bond acceptors (Lipinski definition) is 4. The first-order chi connectivity index (χ1) is 14.4. The van der Waals surface area contributed by atoms with E-state index in [9.17, 15) is 14.0 Å². The molecule has 2 N–H and O–H groups in total. The summed E-state index contributed by atoms with van der Waals surface area (Å²) in [5.74, 6) is -0.827. The maximum Gasteiger partial charge on any atom is 0.270 e. The average Bonchev–Trinajstić information content (AvgIpc) is 3.10. The average molecular weight is 429 g/mol. The van der Waals surface area contributed by atoms with Crippen molar-refractivity contribution in [2.24, 2.45) is 0 Å². The van der Waals surface area contributed by atoms with Crippen LogP contribution in [0.25, 0.3) is 5.65 Å². The molecule has 7 nitrogen and oxygen atoms in total. The summed E-state index contributed by atoms with van der Waals surface area (Å²) in [5.41, 5.74) is 0.601. The Kier molecular flexibility index (Phi) is 4.21. The lowest BCUT2D eigenvalue weighted by atomic mass is 9.44. The van der Waals surface area contributed by atoms with Crippen LogP contribution in [0.1, 0.15) is 29.8 Å². The molecule has 3 aliphatic rings. The molecule has 154 valence electrons. The van der Waals surface area contributed by atoms with Gasteiger partial charge in [-0.3, -0.25) is 14.0 Å². The zero-order valence-corrected chi connectivity index (χ0v) is 16.6. The van der Waals surface area contributed by atoms with Crippen LogP contribution >= 0.6 is 11.6 Å². The second kappa shape index (κ2) is 6.70. The van der Waals surface area contributed by atoms with Gasteiger partial charge >= 0.3 is 0 Å². The lowest BCUT2D eigenvalue weighted by molar-refractivity contribution is -0.141. The van der Waals surface area contributed by atoms with Gasteiger partial charge < -0.3 is 15.4 Å². The van der Waals surface area contributed by atoms with E-state index in [4.69, 9.17) is 16.3 Å². The summed E-state index contributed by atoms with van der Waals surface area (Å²) in [7, 11) is 0. The summed E-state index contributed by atoms with van der Waals surface area (Å²) >= 11 is 5.63. The van der Waals surface area contributed by atoms with E-state index in [0.717, 1.165) is 6.07 Å². The minimum absolute atomic E-state index is 0.00283. The molecule has 0 aliphatic heterocycles. The van der Waals surface area contributed by atoms with Crippen LogP contribution in [-0.2, 0) is 4.79 Å². The summed E-state index contributed by atoms with van der Waals surface area (Å²) in [5, 5.41) is 6.05. The van der Waals surface area contributed by atoms with Gasteiger partial charge in [-0.2, -0.15) is 0 Å². The fourth-order valence-electron chi connectivity index (χ4n) is 4.51. The van der Waals surface area contributed by atoms with Gasteiger partial charge in [0.15, 0.2) is 6.61 Å². The number of pyridine rings is 1. The first kappa shape index (κ1) is 18.9. The zero-order chi connectivity index (χ0) is 20.9. The number of rotatable bonds is 6. The van der Waals surface area contributed by atoms with E-state index in [1.165, 1.54) is 12.1 Å². The quantitative estimate of drug-likeness (QED) is 0.632. The zero-order valence-electron chi connectivity index (χ0n) is 15.8. The van der Waals surface area contributed by atoms with E-state index < -0.39 is 5.82 Å². The van der Waals surface area contributed by atoms with Gasteiger partial charge in [-0.05, 0) is 43.5 Å². The Balaban J connectivity index is 1.13. The highest BCUT2D eigenvalue weighted by Gasteiger charge is 2.69. The number of nitrogens with one attached hydrogen (secondary N) is 2. The number of carbonyl (C=O) groups is 2. The van der Waals surface area contributed by atoms with Crippen molar-refractivity contribution in [3.05, 3.63) is 65.3 Å². The van der Waals surface area contributed by atoms with Crippen LogP contribution in [0, 0.1) is 5.82 Å². The SMILES string of the molecule is O=C(COc1ccc(Cl)c(F)c1)NC12CC(NC(=O)c3cnc4ccccn34)(C1)C2. The first-order valence-corrected chi connectivity index (χ1v) is 9.88.